The van der Waals surface area contributed by atoms with Gasteiger partial charge in [-0.25, -0.2) is 0 Å². The van der Waals surface area contributed by atoms with Crippen LogP contribution in [0, 0.1) is 17.3 Å². The van der Waals surface area contributed by atoms with E-state index < -0.39 is 0 Å². The van der Waals surface area contributed by atoms with Crippen LogP contribution in [0.25, 0.3) is 0 Å². The summed E-state index contributed by atoms with van der Waals surface area (Å²) in [5.41, 5.74) is 0.763. The van der Waals surface area contributed by atoms with E-state index in [1.807, 2.05) is 0 Å². The third-order valence-electron chi connectivity index (χ3n) is 4.63. The van der Waals surface area contributed by atoms with E-state index >= 15 is 0 Å². The highest BCUT2D eigenvalue weighted by Crippen LogP contribution is 2.46. The molecule has 1 heteroatoms. The highest BCUT2D eigenvalue weighted by molar-refractivity contribution is 4.89. The van der Waals surface area contributed by atoms with Crippen LogP contribution in [0.15, 0.2) is 0 Å². The van der Waals surface area contributed by atoms with E-state index in [9.17, 15) is 0 Å². The molecule has 2 rings (SSSR count). The van der Waals surface area contributed by atoms with Crippen LogP contribution in [0.5, 0.6) is 0 Å². The van der Waals surface area contributed by atoms with Gasteiger partial charge < -0.3 is 5.32 Å². The standard InChI is InChI=1S/C14H27N/c1-12(2)11-13-3-5-14(6-4-13)7-9-15-10-8-14/h12-13,15H,3-11H2,1-2H3. The predicted octanol–water partition coefficient (Wildman–Crippen LogP) is 3.59. The SMILES string of the molecule is CC(C)CC1CCC2(CCNCC2)CC1. The Kier molecular flexibility index (Phi) is 3.71. The predicted molar refractivity (Wildman–Crippen MR) is 65.9 cm³/mol. The number of rotatable bonds is 2. The molecule has 2 aliphatic rings. The average molecular weight is 209 g/mol. The van der Waals surface area contributed by atoms with E-state index in [1.54, 1.807) is 0 Å². The Hall–Kier alpha value is -0.0400. The van der Waals surface area contributed by atoms with Crippen LogP contribution in [0.4, 0.5) is 0 Å². The van der Waals surface area contributed by atoms with Gasteiger partial charge >= 0.3 is 0 Å². The van der Waals surface area contributed by atoms with Crippen molar-refractivity contribution in [2.24, 2.45) is 17.3 Å². The molecule has 1 aliphatic carbocycles. The van der Waals surface area contributed by atoms with Crippen LogP contribution >= 0.6 is 0 Å². The molecule has 1 nitrogen and oxygen atoms in total. The summed E-state index contributed by atoms with van der Waals surface area (Å²) in [5, 5.41) is 3.50. The number of hydrogen-bond acceptors (Lipinski definition) is 1. The van der Waals surface area contributed by atoms with Crippen LogP contribution < -0.4 is 5.32 Å². The quantitative estimate of drug-likeness (QED) is 0.733. The zero-order valence-corrected chi connectivity index (χ0v) is 10.5. The summed E-state index contributed by atoms with van der Waals surface area (Å²) in [4.78, 5) is 0. The second kappa shape index (κ2) is 4.86. The van der Waals surface area contributed by atoms with E-state index in [0.29, 0.717) is 0 Å². The lowest BCUT2D eigenvalue weighted by molar-refractivity contribution is 0.0981. The average Bonchev–Trinajstić information content (AvgIpc) is 2.23. The van der Waals surface area contributed by atoms with Crippen LogP contribution in [0.2, 0.25) is 0 Å². The monoisotopic (exact) mass is 209 g/mol. The molecule has 15 heavy (non-hydrogen) atoms. The fourth-order valence-corrected chi connectivity index (χ4v) is 3.65. The minimum atomic E-state index is 0.763. The minimum absolute atomic E-state index is 0.763. The van der Waals surface area contributed by atoms with Gasteiger partial charge in [0.15, 0.2) is 0 Å². The lowest BCUT2D eigenvalue weighted by Crippen LogP contribution is -2.39. The first-order chi connectivity index (χ1) is 7.20. The number of hydrogen-bond donors (Lipinski definition) is 1. The van der Waals surface area contributed by atoms with Crippen LogP contribution in [0.1, 0.15) is 58.8 Å². The van der Waals surface area contributed by atoms with Crippen molar-refractivity contribution in [3.05, 3.63) is 0 Å². The first-order valence-electron chi connectivity index (χ1n) is 6.91. The van der Waals surface area contributed by atoms with Crippen molar-refractivity contribution in [2.45, 2.75) is 58.8 Å². The van der Waals surface area contributed by atoms with Gasteiger partial charge in [0.1, 0.15) is 0 Å². The summed E-state index contributed by atoms with van der Waals surface area (Å²) in [6, 6.07) is 0. The first-order valence-corrected chi connectivity index (χ1v) is 6.91. The Morgan fingerprint density at radius 2 is 1.67 bits per heavy atom. The topological polar surface area (TPSA) is 12.0 Å². The maximum atomic E-state index is 3.50. The molecule has 0 aromatic carbocycles. The van der Waals surface area contributed by atoms with Crippen LogP contribution in [-0.2, 0) is 0 Å². The lowest BCUT2D eigenvalue weighted by atomic mass is 9.65. The van der Waals surface area contributed by atoms with Gasteiger partial charge in [-0.2, -0.15) is 0 Å². The van der Waals surface area contributed by atoms with Gasteiger partial charge in [0, 0.05) is 0 Å². The molecule has 1 spiro atoms. The van der Waals surface area contributed by atoms with E-state index in [2.05, 4.69) is 19.2 Å². The maximum absolute atomic E-state index is 3.50. The number of piperidine rings is 1. The summed E-state index contributed by atoms with van der Waals surface area (Å²) in [6.45, 7) is 7.29. The Labute approximate surface area is 95.0 Å². The molecule has 1 saturated carbocycles. The lowest BCUT2D eigenvalue weighted by Gasteiger charge is -2.43. The van der Waals surface area contributed by atoms with Crippen molar-refractivity contribution < 1.29 is 0 Å². The third-order valence-corrected chi connectivity index (χ3v) is 4.63. The molecule has 0 amide bonds. The Bertz CT molecular complexity index is 182. The molecular weight excluding hydrogens is 182 g/mol. The zero-order chi connectivity index (χ0) is 10.7. The smallest absolute Gasteiger partial charge is 0.00436 e. The van der Waals surface area contributed by atoms with Crippen molar-refractivity contribution in [3.8, 4) is 0 Å². The van der Waals surface area contributed by atoms with Crippen molar-refractivity contribution in [1.82, 2.24) is 5.32 Å². The first kappa shape index (κ1) is 11.4. The van der Waals surface area contributed by atoms with Gasteiger partial charge in [-0.15, -0.1) is 0 Å². The number of nitrogens with one attached hydrogen (secondary N) is 1. The Morgan fingerprint density at radius 1 is 1.07 bits per heavy atom. The summed E-state index contributed by atoms with van der Waals surface area (Å²) < 4.78 is 0. The van der Waals surface area contributed by atoms with Gasteiger partial charge in [0.05, 0.1) is 0 Å². The second-order valence-corrected chi connectivity index (χ2v) is 6.32. The van der Waals surface area contributed by atoms with E-state index in [-0.39, 0.29) is 0 Å². The van der Waals surface area contributed by atoms with E-state index in [0.717, 1.165) is 17.3 Å². The Morgan fingerprint density at radius 3 is 2.20 bits per heavy atom. The van der Waals surface area contributed by atoms with Gasteiger partial charge in [-0.1, -0.05) is 13.8 Å². The molecule has 0 bridgehead atoms. The maximum Gasteiger partial charge on any atom is -0.00436 e. The minimum Gasteiger partial charge on any atom is -0.317 e. The molecule has 0 unspecified atom stereocenters. The highest BCUT2D eigenvalue weighted by atomic mass is 14.9. The molecule has 2 fully saturated rings. The summed E-state index contributed by atoms with van der Waals surface area (Å²) in [5.74, 6) is 1.95. The second-order valence-electron chi connectivity index (χ2n) is 6.32. The Balaban J connectivity index is 1.80. The van der Waals surface area contributed by atoms with Gasteiger partial charge in [0.25, 0.3) is 0 Å². The molecular formula is C14H27N. The van der Waals surface area contributed by atoms with Gasteiger partial charge in [-0.3, -0.25) is 0 Å². The fraction of sp³-hybridized carbons (Fsp3) is 1.00. The van der Waals surface area contributed by atoms with Crippen molar-refractivity contribution in [2.75, 3.05) is 13.1 Å². The fourth-order valence-electron chi connectivity index (χ4n) is 3.65. The molecule has 0 atom stereocenters. The van der Waals surface area contributed by atoms with Crippen molar-refractivity contribution in [3.63, 3.8) is 0 Å². The summed E-state index contributed by atoms with van der Waals surface area (Å²) in [6.07, 6.45) is 10.4. The molecule has 1 N–H and O–H groups in total. The third kappa shape index (κ3) is 2.96. The van der Waals surface area contributed by atoms with Gasteiger partial charge in [0.2, 0.25) is 0 Å². The van der Waals surface area contributed by atoms with E-state index in [1.165, 1.54) is 58.0 Å². The van der Waals surface area contributed by atoms with Gasteiger partial charge in [-0.05, 0) is 75.3 Å². The highest BCUT2D eigenvalue weighted by Gasteiger charge is 2.35. The van der Waals surface area contributed by atoms with Crippen LogP contribution in [0.3, 0.4) is 0 Å². The normalized spacial score (nSPS) is 27.4. The largest absolute Gasteiger partial charge is 0.317 e. The molecule has 0 radical (unpaired) electrons. The molecule has 88 valence electrons. The van der Waals surface area contributed by atoms with Crippen LogP contribution in [-0.4, -0.2) is 13.1 Å². The molecule has 1 aliphatic heterocycles. The van der Waals surface area contributed by atoms with Crippen molar-refractivity contribution >= 4 is 0 Å². The van der Waals surface area contributed by atoms with E-state index in [4.69, 9.17) is 0 Å². The molecule has 1 heterocycles. The molecule has 1 saturated heterocycles. The molecule has 0 aromatic heterocycles. The zero-order valence-electron chi connectivity index (χ0n) is 10.5. The van der Waals surface area contributed by atoms with Crippen molar-refractivity contribution in [1.29, 1.82) is 0 Å². The summed E-state index contributed by atoms with van der Waals surface area (Å²) >= 11 is 0. The molecule has 0 aromatic rings. The summed E-state index contributed by atoms with van der Waals surface area (Å²) in [7, 11) is 0.